The first-order chi connectivity index (χ1) is 7.59. The zero-order valence-electron chi connectivity index (χ0n) is 11.5. The number of nitrogens with zero attached hydrogens (tertiary/aromatic N) is 1. The van der Waals surface area contributed by atoms with E-state index < -0.39 is 0 Å². The van der Waals surface area contributed by atoms with Crippen LogP contribution >= 0.6 is 0 Å². The van der Waals surface area contributed by atoms with Gasteiger partial charge < -0.3 is 0 Å². The van der Waals surface area contributed by atoms with Crippen LogP contribution in [-0.4, -0.2) is 23.0 Å². The lowest BCUT2D eigenvalue weighted by Gasteiger charge is -2.48. The monoisotopic (exact) mass is 223 g/mol. The third kappa shape index (κ3) is 2.80. The van der Waals surface area contributed by atoms with Gasteiger partial charge in [0.25, 0.3) is 0 Å². The molecule has 2 fully saturated rings. The number of hydrogen-bond donors (Lipinski definition) is 0. The van der Waals surface area contributed by atoms with Crippen molar-refractivity contribution in [2.24, 2.45) is 5.92 Å². The second-order valence-corrected chi connectivity index (χ2v) is 6.83. The van der Waals surface area contributed by atoms with Crippen LogP contribution in [0.15, 0.2) is 0 Å². The van der Waals surface area contributed by atoms with Crippen LogP contribution in [0.5, 0.6) is 0 Å². The SMILES string of the molecule is CC(C)(C)N1CCCC[C@@H]1C1CCCCC1. The van der Waals surface area contributed by atoms with Crippen LogP contribution in [0, 0.1) is 5.92 Å². The van der Waals surface area contributed by atoms with Gasteiger partial charge in [0, 0.05) is 11.6 Å². The summed E-state index contributed by atoms with van der Waals surface area (Å²) in [5, 5.41) is 0. The summed E-state index contributed by atoms with van der Waals surface area (Å²) in [6.45, 7) is 8.53. The normalized spacial score (nSPS) is 30.6. The minimum Gasteiger partial charge on any atom is -0.295 e. The summed E-state index contributed by atoms with van der Waals surface area (Å²) in [7, 11) is 0. The number of piperidine rings is 1. The van der Waals surface area contributed by atoms with Gasteiger partial charge in [0.2, 0.25) is 0 Å². The van der Waals surface area contributed by atoms with Gasteiger partial charge in [0.1, 0.15) is 0 Å². The lowest BCUT2D eigenvalue weighted by atomic mass is 9.78. The third-order valence-electron chi connectivity index (χ3n) is 4.60. The summed E-state index contributed by atoms with van der Waals surface area (Å²) in [5.74, 6) is 1.01. The maximum atomic E-state index is 2.81. The minimum atomic E-state index is 0.378. The second kappa shape index (κ2) is 5.08. The Bertz CT molecular complexity index is 210. The molecule has 0 bridgehead atoms. The van der Waals surface area contributed by atoms with E-state index in [0.29, 0.717) is 5.54 Å². The van der Waals surface area contributed by atoms with E-state index in [1.165, 1.54) is 57.9 Å². The topological polar surface area (TPSA) is 3.24 Å². The Balaban J connectivity index is 2.03. The van der Waals surface area contributed by atoms with E-state index in [4.69, 9.17) is 0 Å². The molecule has 94 valence electrons. The van der Waals surface area contributed by atoms with Crippen LogP contribution in [-0.2, 0) is 0 Å². The predicted molar refractivity (Wildman–Crippen MR) is 70.7 cm³/mol. The van der Waals surface area contributed by atoms with E-state index in [-0.39, 0.29) is 0 Å². The molecule has 1 atom stereocenters. The molecular weight excluding hydrogens is 194 g/mol. The molecule has 2 aliphatic rings. The van der Waals surface area contributed by atoms with Crippen LogP contribution in [0.25, 0.3) is 0 Å². The van der Waals surface area contributed by atoms with Gasteiger partial charge in [-0.1, -0.05) is 25.7 Å². The van der Waals surface area contributed by atoms with E-state index >= 15 is 0 Å². The van der Waals surface area contributed by atoms with Crippen molar-refractivity contribution < 1.29 is 0 Å². The zero-order chi connectivity index (χ0) is 11.6. The fraction of sp³-hybridized carbons (Fsp3) is 1.00. The maximum Gasteiger partial charge on any atom is 0.0129 e. The highest BCUT2D eigenvalue weighted by molar-refractivity contribution is 4.90. The van der Waals surface area contributed by atoms with Crippen molar-refractivity contribution in [2.45, 2.75) is 83.7 Å². The Morgan fingerprint density at radius 2 is 1.44 bits per heavy atom. The minimum absolute atomic E-state index is 0.378. The van der Waals surface area contributed by atoms with Crippen molar-refractivity contribution in [1.82, 2.24) is 4.90 Å². The lowest BCUT2D eigenvalue weighted by molar-refractivity contribution is 0.0103. The Morgan fingerprint density at radius 1 is 0.812 bits per heavy atom. The van der Waals surface area contributed by atoms with Crippen molar-refractivity contribution in [3.8, 4) is 0 Å². The number of rotatable bonds is 1. The Labute approximate surface area is 102 Å². The van der Waals surface area contributed by atoms with Gasteiger partial charge in [-0.2, -0.15) is 0 Å². The van der Waals surface area contributed by atoms with Gasteiger partial charge in [0.05, 0.1) is 0 Å². The summed E-state index contributed by atoms with van der Waals surface area (Å²) in [6.07, 6.45) is 11.8. The molecule has 1 nitrogen and oxygen atoms in total. The molecule has 0 radical (unpaired) electrons. The molecule has 0 aromatic heterocycles. The van der Waals surface area contributed by atoms with Crippen LogP contribution < -0.4 is 0 Å². The maximum absolute atomic E-state index is 2.81. The van der Waals surface area contributed by atoms with Gasteiger partial charge in [-0.15, -0.1) is 0 Å². The van der Waals surface area contributed by atoms with E-state index in [9.17, 15) is 0 Å². The first-order valence-electron chi connectivity index (χ1n) is 7.36. The largest absolute Gasteiger partial charge is 0.295 e. The smallest absolute Gasteiger partial charge is 0.0129 e. The average Bonchev–Trinajstić information content (AvgIpc) is 2.29. The van der Waals surface area contributed by atoms with Crippen LogP contribution in [0.3, 0.4) is 0 Å². The summed E-state index contributed by atoms with van der Waals surface area (Å²) in [5.41, 5.74) is 0.378. The summed E-state index contributed by atoms with van der Waals surface area (Å²) < 4.78 is 0. The van der Waals surface area contributed by atoms with E-state index in [2.05, 4.69) is 25.7 Å². The Morgan fingerprint density at radius 3 is 2.06 bits per heavy atom. The predicted octanol–water partition coefficient (Wildman–Crippen LogP) is 4.22. The first kappa shape index (κ1) is 12.4. The van der Waals surface area contributed by atoms with E-state index in [1.54, 1.807) is 0 Å². The molecule has 1 aliphatic carbocycles. The molecule has 1 saturated carbocycles. The van der Waals surface area contributed by atoms with Crippen LogP contribution in [0.2, 0.25) is 0 Å². The summed E-state index contributed by atoms with van der Waals surface area (Å²) >= 11 is 0. The Kier molecular flexibility index (Phi) is 3.94. The molecular formula is C15H29N. The quantitative estimate of drug-likeness (QED) is 0.643. The molecule has 1 aliphatic heterocycles. The highest BCUT2D eigenvalue weighted by Crippen LogP contribution is 2.36. The van der Waals surface area contributed by atoms with Gasteiger partial charge in [-0.05, 0) is 58.9 Å². The molecule has 0 aromatic carbocycles. The molecule has 2 rings (SSSR count). The lowest BCUT2D eigenvalue weighted by Crippen LogP contribution is -2.53. The molecule has 1 heterocycles. The van der Waals surface area contributed by atoms with Crippen molar-refractivity contribution in [2.75, 3.05) is 6.54 Å². The molecule has 0 unspecified atom stereocenters. The molecule has 1 saturated heterocycles. The molecule has 0 N–H and O–H groups in total. The fourth-order valence-corrected chi connectivity index (χ4v) is 3.80. The summed E-state index contributed by atoms with van der Waals surface area (Å²) in [6, 6.07) is 0.897. The summed E-state index contributed by atoms with van der Waals surface area (Å²) in [4.78, 5) is 2.81. The molecule has 16 heavy (non-hydrogen) atoms. The van der Waals surface area contributed by atoms with Crippen molar-refractivity contribution in [3.63, 3.8) is 0 Å². The van der Waals surface area contributed by atoms with Crippen molar-refractivity contribution >= 4 is 0 Å². The highest BCUT2D eigenvalue weighted by atomic mass is 15.2. The van der Waals surface area contributed by atoms with Crippen molar-refractivity contribution in [1.29, 1.82) is 0 Å². The van der Waals surface area contributed by atoms with Gasteiger partial charge in [-0.3, -0.25) is 4.90 Å². The first-order valence-corrected chi connectivity index (χ1v) is 7.36. The van der Waals surface area contributed by atoms with Crippen LogP contribution in [0.4, 0.5) is 0 Å². The van der Waals surface area contributed by atoms with E-state index in [0.717, 1.165) is 12.0 Å². The average molecular weight is 223 g/mol. The van der Waals surface area contributed by atoms with E-state index in [1.807, 2.05) is 0 Å². The fourth-order valence-electron chi connectivity index (χ4n) is 3.80. The van der Waals surface area contributed by atoms with Crippen molar-refractivity contribution in [3.05, 3.63) is 0 Å². The van der Waals surface area contributed by atoms with Gasteiger partial charge in [0.15, 0.2) is 0 Å². The van der Waals surface area contributed by atoms with Gasteiger partial charge >= 0.3 is 0 Å². The molecule has 1 heteroatoms. The molecule has 0 spiro atoms. The van der Waals surface area contributed by atoms with Gasteiger partial charge in [-0.25, -0.2) is 0 Å². The molecule has 0 aromatic rings. The second-order valence-electron chi connectivity index (χ2n) is 6.83. The standard InChI is InChI=1S/C15H29N/c1-15(2,3)16-12-8-7-11-14(16)13-9-5-4-6-10-13/h13-14H,4-12H2,1-3H3/t14-/m1/s1. The molecule has 0 amide bonds. The zero-order valence-corrected chi connectivity index (χ0v) is 11.5. The Hall–Kier alpha value is -0.0400. The number of likely N-dealkylation sites (tertiary alicyclic amines) is 1. The third-order valence-corrected chi connectivity index (χ3v) is 4.60. The van der Waals surface area contributed by atoms with Crippen LogP contribution in [0.1, 0.15) is 72.1 Å². The highest BCUT2D eigenvalue weighted by Gasteiger charge is 2.35. The number of hydrogen-bond acceptors (Lipinski definition) is 1.